The van der Waals surface area contributed by atoms with Crippen molar-refractivity contribution in [1.82, 2.24) is 14.8 Å². The Morgan fingerprint density at radius 1 is 1.04 bits per heavy atom. The minimum Gasteiger partial charge on any atom is -0.274 e. The number of aryl methyl sites for hydroxylation is 1. The van der Waals surface area contributed by atoms with Gasteiger partial charge in [-0.05, 0) is 36.6 Å². The van der Waals surface area contributed by atoms with Gasteiger partial charge >= 0.3 is 0 Å². The van der Waals surface area contributed by atoms with Crippen molar-refractivity contribution >= 4 is 11.9 Å². The van der Waals surface area contributed by atoms with Crippen LogP contribution < -0.4 is 4.90 Å². The van der Waals surface area contributed by atoms with Crippen molar-refractivity contribution in [3.8, 4) is 0 Å². The number of fused-ring (bicyclic) bond motifs is 1. The topological polar surface area (TPSA) is 51.0 Å². The molecule has 1 aliphatic heterocycles. The predicted molar refractivity (Wildman–Crippen MR) is 105 cm³/mol. The van der Waals surface area contributed by atoms with Gasteiger partial charge in [-0.1, -0.05) is 55.8 Å². The first kappa shape index (κ1) is 18.3. The zero-order valence-corrected chi connectivity index (χ0v) is 16.2. The molecular formula is C22H23FN4O. The molecule has 2 heterocycles. The third kappa shape index (κ3) is 3.19. The van der Waals surface area contributed by atoms with Gasteiger partial charge < -0.3 is 0 Å². The van der Waals surface area contributed by atoms with Gasteiger partial charge in [-0.25, -0.2) is 9.07 Å². The van der Waals surface area contributed by atoms with Gasteiger partial charge in [-0.2, -0.15) is 10.1 Å². The zero-order chi connectivity index (χ0) is 19.8. The SMILES string of the molecule is Cc1ccc([C@@H]2C[C@@H](c3ccc(F)cc3)n3ncnc3N2C(=O)C(C)C)cc1. The monoisotopic (exact) mass is 378 g/mol. The molecule has 0 spiro atoms. The molecule has 0 unspecified atom stereocenters. The quantitative estimate of drug-likeness (QED) is 0.677. The Hall–Kier alpha value is -3.02. The maximum absolute atomic E-state index is 13.4. The first-order valence-electron chi connectivity index (χ1n) is 9.50. The van der Waals surface area contributed by atoms with Crippen molar-refractivity contribution in [3.63, 3.8) is 0 Å². The molecule has 1 aliphatic rings. The van der Waals surface area contributed by atoms with Crippen molar-refractivity contribution in [2.75, 3.05) is 4.90 Å². The van der Waals surface area contributed by atoms with E-state index in [9.17, 15) is 9.18 Å². The van der Waals surface area contributed by atoms with Crippen molar-refractivity contribution in [1.29, 1.82) is 0 Å². The summed E-state index contributed by atoms with van der Waals surface area (Å²) in [6, 6.07) is 14.4. The highest BCUT2D eigenvalue weighted by atomic mass is 19.1. The molecule has 4 rings (SSSR count). The smallest absolute Gasteiger partial charge is 0.232 e. The van der Waals surface area contributed by atoms with Crippen LogP contribution in [-0.4, -0.2) is 20.7 Å². The number of aromatic nitrogens is 3. The van der Waals surface area contributed by atoms with Gasteiger partial charge in [-0.15, -0.1) is 0 Å². The number of rotatable bonds is 3. The molecule has 6 heteroatoms. The molecule has 0 bridgehead atoms. The number of anilines is 1. The highest BCUT2D eigenvalue weighted by Crippen LogP contribution is 2.42. The summed E-state index contributed by atoms with van der Waals surface area (Å²) in [5.41, 5.74) is 3.17. The van der Waals surface area contributed by atoms with E-state index in [0.717, 1.165) is 11.1 Å². The average molecular weight is 378 g/mol. The van der Waals surface area contributed by atoms with Gasteiger partial charge in [0.1, 0.15) is 12.1 Å². The summed E-state index contributed by atoms with van der Waals surface area (Å²) in [5, 5.41) is 4.39. The van der Waals surface area contributed by atoms with Crippen LogP contribution in [0.3, 0.4) is 0 Å². The fourth-order valence-corrected chi connectivity index (χ4v) is 3.76. The normalized spacial score (nSPS) is 19.0. The molecule has 0 radical (unpaired) electrons. The first-order chi connectivity index (χ1) is 13.5. The fourth-order valence-electron chi connectivity index (χ4n) is 3.76. The van der Waals surface area contributed by atoms with E-state index >= 15 is 0 Å². The lowest BCUT2D eigenvalue weighted by Crippen LogP contribution is -2.44. The maximum Gasteiger partial charge on any atom is 0.232 e. The molecule has 1 aromatic heterocycles. The summed E-state index contributed by atoms with van der Waals surface area (Å²) >= 11 is 0. The lowest BCUT2D eigenvalue weighted by atomic mass is 9.91. The molecule has 3 aromatic rings. The van der Waals surface area contributed by atoms with Gasteiger partial charge in [0.15, 0.2) is 0 Å². The standard InChI is InChI=1S/C22H23FN4O/c1-14(2)21(28)26-19(16-6-4-15(3)5-7-16)12-20(27-22(26)24-13-25-27)17-8-10-18(23)11-9-17/h4-11,13-14,19-20H,12H2,1-3H3/t19-,20-/m0/s1. The van der Waals surface area contributed by atoms with Crippen LogP contribution in [0, 0.1) is 18.7 Å². The molecule has 0 fully saturated rings. The van der Waals surface area contributed by atoms with Crippen LogP contribution in [0.5, 0.6) is 0 Å². The van der Waals surface area contributed by atoms with Gasteiger partial charge in [0.25, 0.3) is 0 Å². The molecule has 28 heavy (non-hydrogen) atoms. The number of hydrogen-bond acceptors (Lipinski definition) is 3. The summed E-state index contributed by atoms with van der Waals surface area (Å²) in [6.07, 6.45) is 2.12. The highest BCUT2D eigenvalue weighted by molar-refractivity contribution is 5.94. The molecule has 0 saturated heterocycles. The number of benzene rings is 2. The van der Waals surface area contributed by atoms with E-state index in [1.54, 1.807) is 21.7 Å². The third-order valence-corrected chi connectivity index (χ3v) is 5.27. The number of carbonyl (C=O) groups is 1. The van der Waals surface area contributed by atoms with Gasteiger partial charge in [-0.3, -0.25) is 9.69 Å². The Bertz CT molecular complexity index is 979. The number of nitrogens with zero attached hydrogens (tertiary/aromatic N) is 4. The summed E-state index contributed by atoms with van der Waals surface area (Å²) in [4.78, 5) is 19.3. The van der Waals surface area contributed by atoms with E-state index in [1.165, 1.54) is 24.0 Å². The van der Waals surface area contributed by atoms with E-state index in [-0.39, 0.29) is 29.7 Å². The summed E-state index contributed by atoms with van der Waals surface area (Å²) in [7, 11) is 0. The van der Waals surface area contributed by atoms with Crippen LogP contribution in [0.2, 0.25) is 0 Å². The van der Waals surface area contributed by atoms with Crippen LogP contribution >= 0.6 is 0 Å². The van der Waals surface area contributed by atoms with Crippen molar-refractivity contribution in [3.05, 3.63) is 77.4 Å². The lowest BCUT2D eigenvalue weighted by Gasteiger charge is -2.40. The maximum atomic E-state index is 13.4. The molecule has 2 atom stereocenters. The van der Waals surface area contributed by atoms with Crippen LogP contribution in [0.25, 0.3) is 0 Å². The van der Waals surface area contributed by atoms with Gasteiger partial charge in [0.05, 0.1) is 12.1 Å². The number of amides is 1. The lowest BCUT2D eigenvalue weighted by molar-refractivity contribution is -0.122. The van der Waals surface area contributed by atoms with Crippen molar-refractivity contribution in [2.24, 2.45) is 5.92 Å². The molecular weight excluding hydrogens is 355 g/mol. The van der Waals surface area contributed by atoms with E-state index < -0.39 is 0 Å². The second kappa shape index (κ2) is 7.19. The summed E-state index contributed by atoms with van der Waals surface area (Å²) in [5.74, 6) is 0.104. The van der Waals surface area contributed by atoms with E-state index in [0.29, 0.717) is 12.4 Å². The van der Waals surface area contributed by atoms with Crippen LogP contribution in [-0.2, 0) is 4.79 Å². The zero-order valence-electron chi connectivity index (χ0n) is 16.2. The van der Waals surface area contributed by atoms with Crippen LogP contribution in [0.4, 0.5) is 10.3 Å². The Morgan fingerprint density at radius 2 is 1.64 bits per heavy atom. The molecule has 5 nitrogen and oxygen atoms in total. The van der Waals surface area contributed by atoms with E-state index in [4.69, 9.17) is 0 Å². The summed E-state index contributed by atoms with van der Waals surface area (Å²) < 4.78 is 15.2. The molecule has 2 aromatic carbocycles. The highest BCUT2D eigenvalue weighted by Gasteiger charge is 2.39. The van der Waals surface area contributed by atoms with Gasteiger partial charge in [0, 0.05) is 5.92 Å². The molecule has 144 valence electrons. The van der Waals surface area contributed by atoms with Crippen molar-refractivity contribution < 1.29 is 9.18 Å². The first-order valence-corrected chi connectivity index (χ1v) is 9.50. The predicted octanol–water partition coefficient (Wildman–Crippen LogP) is 4.45. The second-order valence-corrected chi connectivity index (χ2v) is 7.60. The fraction of sp³-hybridized carbons (Fsp3) is 0.318. The second-order valence-electron chi connectivity index (χ2n) is 7.60. The Balaban J connectivity index is 1.84. The van der Waals surface area contributed by atoms with Crippen LogP contribution in [0.15, 0.2) is 54.9 Å². The van der Waals surface area contributed by atoms with Crippen molar-refractivity contribution in [2.45, 2.75) is 39.3 Å². The molecule has 0 N–H and O–H groups in total. The van der Waals surface area contributed by atoms with Crippen LogP contribution in [0.1, 0.15) is 49.0 Å². The van der Waals surface area contributed by atoms with E-state index in [2.05, 4.69) is 34.3 Å². The van der Waals surface area contributed by atoms with Gasteiger partial charge in [0.2, 0.25) is 11.9 Å². The molecule has 0 aliphatic carbocycles. The largest absolute Gasteiger partial charge is 0.274 e. The minimum absolute atomic E-state index is 0.0115. The minimum atomic E-state index is -0.273. The number of halogens is 1. The third-order valence-electron chi connectivity index (χ3n) is 5.27. The number of carbonyl (C=O) groups excluding carboxylic acids is 1. The molecule has 1 amide bonds. The Labute approximate surface area is 163 Å². The average Bonchev–Trinajstić information content (AvgIpc) is 3.17. The number of hydrogen-bond donors (Lipinski definition) is 0. The Morgan fingerprint density at radius 3 is 2.29 bits per heavy atom. The van der Waals surface area contributed by atoms with E-state index in [1.807, 2.05) is 20.8 Å². The Kier molecular flexibility index (Phi) is 4.71. The molecule has 0 saturated carbocycles. The summed E-state index contributed by atoms with van der Waals surface area (Å²) in [6.45, 7) is 5.82.